The molecule has 1 aliphatic rings. The van der Waals surface area contributed by atoms with E-state index in [1.807, 2.05) is 6.92 Å². The Morgan fingerprint density at radius 3 is 2.79 bits per heavy atom. The molecule has 0 aromatic carbocycles. The molecule has 2 rings (SSSR count). The minimum Gasteiger partial charge on any atom is -0.398 e. The molecule has 1 amide bonds. The Labute approximate surface area is 119 Å². The standard InChI is InChI=1S/C14H23N3OS/c1-10-12(15)9-13(19-10)14(18)16-7-8-17(2)11-5-3-4-6-11/h9,11H,3-8,15H2,1-2H3,(H,16,18). The van der Waals surface area contributed by atoms with Crippen molar-refractivity contribution in [1.29, 1.82) is 0 Å². The Bertz CT molecular complexity index is 418. The number of amides is 1. The van der Waals surface area contributed by atoms with E-state index in [2.05, 4.69) is 17.3 Å². The van der Waals surface area contributed by atoms with Crippen LogP contribution in [0.3, 0.4) is 0 Å². The van der Waals surface area contributed by atoms with Crippen LogP contribution in [0.5, 0.6) is 0 Å². The van der Waals surface area contributed by atoms with Crippen molar-refractivity contribution < 1.29 is 4.79 Å². The van der Waals surface area contributed by atoms with Crippen LogP contribution in [0.4, 0.5) is 5.69 Å². The summed E-state index contributed by atoms with van der Waals surface area (Å²) >= 11 is 1.46. The lowest BCUT2D eigenvalue weighted by Gasteiger charge is -2.23. The van der Waals surface area contributed by atoms with Crippen molar-refractivity contribution in [2.75, 3.05) is 25.9 Å². The second-order valence-electron chi connectivity index (χ2n) is 5.30. The van der Waals surface area contributed by atoms with Crippen LogP contribution in [-0.4, -0.2) is 37.0 Å². The van der Waals surface area contributed by atoms with Crippen molar-refractivity contribution in [3.05, 3.63) is 15.8 Å². The lowest BCUT2D eigenvalue weighted by molar-refractivity contribution is 0.0951. The van der Waals surface area contributed by atoms with Gasteiger partial charge in [0.2, 0.25) is 0 Å². The quantitative estimate of drug-likeness (QED) is 0.870. The largest absolute Gasteiger partial charge is 0.398 e. The molecule has 1 heterocycles. The summed E-state index contributed by atoms with van der Waals surface area (Å²) in [4.78, 5) is 16.0. The molecule has 1 aromatic heterocycles. The Kier molecular flexibility index (Phi) is 4.82. The molecular formula is C14H23N3OS. The highest BCUT2D eigenvalue weighted by atomic mass is 32.1. The van der Waals surface area contributed by atoms with Crippen molar-refractivity contribution in [3.8, 4) is 0 Å². The maximum atomic E-state index is 11.9. The molecule has 0 saturated heterocycles. The number of carbonyl (C=O) groups excluding carboxylic acids is 1. The Morgan fingerprint density at radius 1 is 1.53 bits per heavy atom. The van der Waals surface area contributed by atoms with Gasteiger partial charge in [0.15, 0.2) is 0 Å². The van der Waals surface area contributed by atoms with E-state index in [1.165, 1.54) is 37.0 Å². The van der Waals surface area contributed by atoms with E-state index >= 15 is 0 Å². The number of aryl methyl sites for hydroxylation is 1. The molecule has 0 bridgehead atoms. The smallest absolute Gasteiger partial charge is 0.261 e. The summed E-state index contributed by atoms with van der Waals surface area (Å²) in [5, 5.41) is 2.97. The van der Waals surface area contributed by atoms with E-state index < -0.39 is 0 Å². The van der Waals surface area contributed by atoms with E-state index in [1.54, 1.807) is 6.07 Å². The number of nitrogens with zero attached hydrogens (tertiary/aromatic N) is 1. The molecule has 0 unspecified atom stereocenters. The van der Waals surface area contributed by atoms with Gasteiger partial charge >= 0.3 is 0 Å². The molecule has 0 radical (unpaired) electrons. The lowest BCUT2D eigenvalue weighted by Crippen LogP contribution is -2.37. The van der Waals surface area contributed by atoms with E-state index in [4.69, 9.17) is 5.73 Å². The molecule has 1 saturated carbocycles. The van der Waals surface area contributed by atoms with Gasteiger partial charge in [0.05, 0.1) is 4.88 Å². The third-order valence-corrected chi connectivity index (χ3v) is 4.94. The van der Waals surface area contributed by atoms with Crippen LogP contribution in [0, 0.1) is 6.92 Å². The number of nitrogens with one attached hydrogen (secondary N) is 1. The fourth-order valence-electron chi connectivity index (χ4n) is 2.57. The first kappa shape index (κ1) is 14.3. The summed E-state index contributed by atoms with van der Waals surface area (Å²) in [6.45, 7) is 3.55. The average molecular weight is 281 g/mol. The number of likely N-dealkylation sites (N-methyl/N-ethyl adjacent to an activating group) is 1. The van der Waals surface area contributed by atoms with Gasteiger partial charge in [-0.25, -0.2) is 0 Å². The Morgan fingerprint density at radius 2 is 2.21 bits per heavy atom. The first-order chi connectivity index (χ1) is 9.08. The predicted octanol–water partition coefficient (Wildman–Crippen LogP) is 2.24. The molecule has 0 aliphatic heterocycles. The van der Waals surface area contributed by atoms with Gasteiger partial charge in [-0.05, 0) is 32.9 Å². The highest BCUT2D eigenvalue weighted by Gasteiger charge is 2.19. The number of hydrogen-bond donors (Lipinski definition) is 2. The molecule has 5 heteroatoms. The van der Waals surface area contributed by atoms with Crippen LogP contribution < -0.4 is 11.1 Å². The normalized spacial score (nSPS) is 16.2. The number of rotatable bonds is 5. The average Bonchev–Trinajstić information content (AvgIpc) is 3.00. The van der Waals surface area contributed by atoms with Crippen LogP contribution in [-0.2, 0) is 0 Å². The van der Waals surface area contributed by atoms with Crippen molar-refractivity contribution in [2.45, 2.75) is 38.6 Å². The summed E-state index contributed by atoms with van der Waals surface area (Å²) in [7, 11) is 2.15. The van der Waals surface area contributed by atoms with Gasteiger partial charge in [0.1, 0.15) is 0 Å². The van der Waals surface area contributed by atoms with Crippen molar-refractivity contribution in [2.24, 2.45) is 0 Å². The molecule has 1 fully saturated rings. The van der Waals surface area contributed by atoms with Crippen LogP contribution in [0.1, 0.15) is 40.2 Å². The molecule has 19 heavy (non-hydrogen) atoms. The highest BCUT2D eigenvalue weighted by molar-refractivity contribution is 7.14. The summed E-state index contributed by atoms with van der Waals surface area (Å²) in [5.74, 6) is -0.00961. The molecular weight excluding hydrogens is 258 g/mol. The van der Waals surface area contributed by atoms with Gasteiger partial charge in [-0.2, -0.15) is 0 Å². The first-order valence-electron chi connectivity index (χ1n) is 6.92. The van der Waals surface area contributed by atoms with Gasteiger partial charge in [0.25, 0.3) is 5.91 Å². The number of thiophene rings is 1. The zero-order valence-electron chi connectivity index (χ0n) is 11.7. The molecule has 1 aliphatic carbocycles. The predicted molar refractivity (Wildman–Crippen MR) is 80.7 cm³/mol. The van der Waals surface area contributed by atoms with Crippen LogP contribution >= 0.6 is 11.3 Å². The van der Waals surface area contributed by atoms with E-state index in [0.29, 0.717) is 23.2 Å². The number of nitrogen functional groups attached to an aromatic ring is 1. The fourth-order valence-corrected chi connectivity index (χ4v) is 3.43. The minimum absolute atomic E-state index is 0.00961. The maximum Gasteiger partial charge on any atom is 0.261 e. The summed E-state index contributed by atoms with van der Waals surface area (Å²) in [6.07, 6.45) is 5.28. The summed E-state index contributed by atoms with van der Waals surface area (Å²) < 4.78 is 0. The van der Waals surface area contributed by atoms with Crippen LogP contribution in [0.2, 0.25) is 0 Å². The molecule has 4 nitrogen and oxygen atoms in total. The summed E-state index contributed by atoms with van der Waals surface area (Å²) in [5.41, 5.74) is 6.47. The SMILES string of the molecule is Cc1sc(C(=O)NCCN(C)C2CCCC2)cc1N. The van der Waals surface area contributed by atoms with Crippen molar-refractivity contribution >= 4 is 22.9 Å². The van der Waals surface area contributed by atoms with Crippen LogP contribution in [0.25, 0.3) is 0 Å². The number of carbonyl (C=O) groups is 1. The van der Waals surface area contributed by atoms with E-state index in [0.717, 1.165) is 11.4 Å². The zero-order chi connectivity index (χ0) is 13.8. The van der Waals surface area contributed by atoms with Crippen LogP contribution in [0.15, 0.2) is 6.07 Å². The summed E-state index contributed by atoms with van der Waals surface area (Å²) in [6, 6.07) is 2.47. The molecule has 1 aromatic rings. The molecule has 106 valence electrons. The Balaban J connectivity index is 1.74. The second kappa shape index (κ2) is 6.39. The topological polar surface area (TPSA) is 58.4 Å². The zero-order valence-corrected chi connectivity index (χ0v) is 12.6. The third-order valence-electron chi connectivity index (χ3n) is 3.88. The molecule has 3 N–H and O–H groups in total. The van der Waals surface area contributed by atoms with Crippen molar-refractivity contribution in [3.63, 3.8) is 0 Å². The third kappa shape index (κ3) is 3.70. The maximum absolute atomic E-state index is 11.9. The lowest BCUT2D eigenvalue weighted by atomic mass is 10.2. The van der Waals surface area contributed by atoms with E-state index in [-0.39, 0.29) is 5.91 Å². The second-order valence-corrected chi connectivity index (χ2v) is 6.55. The molecule has 0 spiro atoms. The highest BCUT2D eigenvalue weighted by Crippen LogP contribution is 2.23. The van der Waals surface area contributed by atoms with Gasteiger partial charge < -0.3 is 16.0 Å². The minimum atomic E-state index is -0.00961. The monoisotopic (exact) mass is 281 g/mol. The number of nitrogens with two attached hydrogens (primary N) is 1. The Hall–Kier alpha value is -1.07. The number of anilines is 1. The first-order valence-corrected chi connectivity index (χ1v) is 7.74. The van der Waals surface area contributed by atoms with Gasteiger partial charge in [-0.15, -0.1) is 11.3 Å². The fraction of sp³-hybridized carbons (Fsp3) is 0.643. The van der Waals surface area contributed by atoms with Gasteiger partial charge in [-0.3, -0.25) is 4.79 Å². The van der Waals surface area contributed by atoms with Gasteiger partial charge in [-0.1, -0.05) is 12.8 Å². The number of hydrogen-bond acceptors (Lipinski definition) is 4. The molecule has 0 atom stereocenters. The van der Waals surface area contributed by atoms with Gasteiger partial charge in [0, 0.05) is 29.7 Å². The van der Waals surface area contributed by atoms with E-state index in [9.17, 15) is 4.79 Å². The van der Waals surface area contributed by atoms with Crippen molar-refractivity contribution in [1.82, 2.24) is 10.2 Å².